The quantitative estimate of drug-likeness (QED) is 0.603. The first-order valence-electron chi connectivity index (χ1n) is 6.79. The minimum Gasteiger partial charge on any atom is -0.493 e. The number of rotatable bonds is 7. The first kappa shape index (κ1) is 15.5. The van der Waals surface area contributed by atoms with Gasteiger partial charge in [0.25, 0.3) is 0 Å². The van der Waals surface area contributed by atoms with Crippen LogP contribution in [0.2, 0.25) is 0 Å². The Morgan fingerprint density at radius 2 is 1.95 bits per heavy atom. The Hall–Kier alpha value is -1.53. The largest absolute Gasteiger partial charge is 0.493 e. The molecule has 0 fully saturated rings. The number of unbranched alkanes of at least 4 members (excludes halogenated alkanes) is 4. The van der Waals surface area contributed by atoms with Gasteiger partial charge in [0.15, 0.2) is 0 Å². The van der Waals surface area contributed by atoms with Gasteiger partial charge in [-0.2, -0.15) is 0 Å². The molecule has 0 atom stereocenters. The minimum atomic E-state index is -0.370. The van der Waals surface area contributed by atoms with Crippen molar-refractivity contribution in [3.05, 3.63) is 29.6 Å². The van der Waals surface area contributed by atoms with Crippen molar-refractivity contribution in [3.8, 4) is 17.6 Å². The predicted molar refractivity (Wildman–Crippen MR) is 74.6 cm³/mol. The molecule has 0 saturated heterocycles. The second-order valence-corrected chi connectivity index (χ2v) is 4.40. The molecule has 0 unspecified atom stereocenters. The van der Waals surface area contributed by atoms with Crippen LogP contribution in [-0.2, 0) is 0 Å². The van der Waals surface area contributed by atoms with Crippen LogP contribution in [0.3, 0.4) is 0 Å². The van der Waals surface area contributed by atoms with Crippen LogP contribution >= 0.6 is 0 Å². The highest BCUT2D eigenvalue weighted by Gasteiger charge is 2.00. The van der Waals surface area contributed by atoms with Crippen molar-refractivity contribution < 1.29 is 14.2 Å². The lowest BCUT2D eigenvalue weighted by atomic mass is 10.2. The maximum Gasteiger partial charge on any atom is 0.128 e. The summed E-state index contributed by atoms with van der Waals surface area (Å²) in [7, 11) is 0. The summed E-state index contributed by atoms with van der Waals surface area (Å²) in [6.07, 6.45) is 5.81. The highest BCUT2D eigenvalue weighted by atomic mass is 19.1. The molecule has 0 aromatic heterocycles. The zero-order valence-electron chi connectivity index (χ0n) is 11.4. The van der Waals surface area contributed by atoms with Crippen molar-refractivity contribution in [3.63, 3.8) is 0 Å². The number of ether oxygens (including phenoxy) is 1. The molecule has 0 radical (unpaired) electrons. The van der Waals surface area contributed by atoms with Gasteiger partial charge in [-0.25, -0.2) is 4.39 Å². The Labute approximate surface area is 114 Å². The molecule has 0 aliphatic heterocycles. The van der Waals surface area contributed by atoms with Gasteiger partial charge in [0.2, 0.25) is 0 Å². The van der Waals surface area contributed by atoms with Crippen molar-refractivity contribution in [1.29, 1.82) is 0 Å². The van der Waals surface area contributed by atoms with E-state index < -0.39 is 0 Å². The van der Waals surface area contributed by atoms with Gasteiger partial charge in [-0.15, -0.1) is 0 Å². The third kappa shape index (κ3) is 6.83. The van der Waals surface area contributed by atoms with E-state index in [1.165, 1.54) is 31.4 Å². The van der Waals surface area contributed by atoms with Crippen LogP contribution in [-0.4, -0.2) is 18.3 Å². The summed E-state index contributed by atoms with van der Waals surface area (Å²) in [6, 6.07) is 4.38. The highest BCUT2D eigenvalue weighted by Crippen LogP contribution is 2.16. The van der Waals surface area contributed by atoms with E-state index >= 15 is 0 Å². The summed E-state index contributed by atoms with van der Waals surface area (Å²) < 4.78 is 18.8. The number of benzene rings is 1. The van der Waals surface area contributed by atoms with Crippen LogP contribution in [0, 0.1) is 17.7 Å². The summed E-state index contributed by atoms with van der Waals surface area (Å²) in [5, 5.41) is 8.61. The maximum absolute atomic E-state index is 13.3. The molecule has 104 valence electrons. The number of aliphatic hydroxyl groups is 1. The van der Waals surface area contributed by atoms with Crippen LogP contribution in [0.25, 0.3) is 0 Å². The van der Waals surface area contributed by atoms with E-state index in [0.717, 1.165) is 12.8 Å². The fourth-order valence-corrected chi connectivity index (χ4v) is 1.76. The summed E-state index contributed by atoms with van der Waals surface area (Å²) in [5.74, 6) is 5.29. The van der Waals surface area contributed by atoms with Crippen molar-refractivity contribution in [2.24, 2.45) is 0 Å². The zero-order valence-corrected chi connectivity index (χ0v) is 11.4. The van der Waals surface area contributed by atoms with E-state index in [1.54, 1.807) is 6.07 Å². The van der Waals surface area contributed by atoms with Gasteiger partial charge in [0, 0.05) is 11.6 Å². The normalized spacial score (nSPS) is 9.84. The monoisotopic (exact) mass is 264 g/mol. The maximum atomic E-state index is 13.3. The molecule has 1 aromatic rings. The van der Waals surface area contributed by atoms with Gasteiger partial charge in [-0.05, 0) is 18.6 Å². The van der Waals surface area contributed by atoms with Crippen LogP contribution in [0.15, 0.2) is 18.2 Å². The topological polar surface area (TPSA) is 29.5 Å². The molecule has 0 aliphatic carbocycles. The van der Waals surface area contributed by atoms with Crippen molar-refractivity contribution in [1.82, 2.24) is 0 Å². The minimum absolute atomic E-state index is 0.232. The summed E-state index contributed by atoms with van der Waals surface area (Å²) in [4.78, 5) is 0. The van der Waals surface area contributed by atoms with Gasteiger partial charge in [0.05, 0.1) is 6.61 Å². The van der Waals surface area contributed by atoms with Gasteiger partial charge >= 0.3 is 0 Å². The lowest BCUT2D eigenvalue weighted by Gasteiger charge is -2.06. The Morgan fingerprint density at radius 1 is 1.16 bits per heavy atom. The highest BCUT2D eigenvalue weighted by molar-refractivity contribution is 5.40. The Balaban J connectivity index is 2.42. The summed E-state index contributed by atoms with van der Waals surface area (Å²) >= 11 is 0. The molecule has 1 N–H and O–H groups in total. The van der Waals surface area contributed by atoms with E-state index in [0.29, 0.717) is 17.9 Å². The van der Waals surface area contributed by atoms with E-state index in [-0.39, 0.29) is 12.4 Å². The molecule has 1 aromatic carbocycles. The van der Waals surface area contributed by atoms with E-state index in [2.05, 4.69) is 18.8 Å². The number of halogens is 1. The average Bonchev–Trinajstić information content (AvgIpc) is 2.40. The Morgan fingerprint density at radius 3 is 2.68 bits per heavy atom. The first-order chi connectivity index (χ1) is 9.26. The molecule has 0 amide bonds. The molecular weight excluding hydrogens is 243 g/mol. The molecule has 0 spiro atoms. The van der Waals surface area contributed by atoms with Crippen LogP contribution in [0.4, 0.5) is 4.39 Å². The first-order valence-corrected chi connectivity index (χ1v) is 6.79. The number of hydrogen-bond donors (Lipinski definition) is 1. The molecule has 0 saturated carbocycles. The molecule has 3 heteroatoms. The Kier molecular flexibility index (Phi) is 7.69. The molecule has 1 rings (SSSR count). The molecule has 19 heavy (non-hydrogen) atoms. The molecule has 0 bridgehead atoms. The number of hydrogen-bond acceptors (Lipinski definition) is 2. The third-order valence-corrected chi connectivity index (χ3v) is 2.70. The predicted octanol–water partition coefficient (Wildman–Crippen LogP) is 3.52. The Bertz CT molecular complexity index is 432. The molecule has 0 aliphatic rings. The van der Waals surface area contributed by atoms with Gasteiger partial charge in [-0.3, -0.25) is 0 Å². The second-order valence-electron chi connectivity index (χ2n) is 4.40. The van der Waals surface area contributed by atoms with Crippen molar-refractivity contribution in [2.45, 2.75) is 39.0 Å². The van der Waals surface area contributed by atoms with Crippen molar-refractivity contribution >= 4 is 0 Å². The van der Waals surface area contributed by atoms with E-state index in [4.69, 9.17) is 9.84 Å². The SMILES string of the molecule is CCCCCCCOc1cc(F)cc(C#CCO)c1. The third-order valence-electron chi connectivity index (χ3n) is 2.70. The van der Waals surface area contributed by atoms with Crippen LogP contribution < -0.4 is 4.74 Å². The van der Waals surface area contributed by atoms with E-state index in [9.17, 15) is 4.39 Å². The fourth-order valence-electron chi connectivity index (χ4n) is 1.76. The van der Waals surface area contributed by atoms with E-state index in [1.807, 2.05) is 0 Å². The summed E-state index contributed by atoms with van der Waals surface area (Å²) in [6.45, 7) is 2.54. The lowest BCUT2D eigenvalue weighted by molar-refractivity contribution is 0.303. The fraction of sp³-hybridized carbons (Fsp3) is 0.500. The standard InChI is InChI=1S/C16H21FO2/c1-2-3-4-5-6-10-19-16-12-14(8-7-9-18)11-15(17)13-16/h11-13,18H,2-6,9-10H2,1H3. The molecule has 0 heterocycles. The van der Waals surface area contributed by atoms with Crippen molar-refractivity contribution in [2.75, 3.05) is 13.2 Å². The van der Waals surface area contributed by atoms with Gasteiger partial charge in [-0.1, -0.05) is 44.4 Å². The molecular formula is C16H21FO2. The van der Waals surface area contributed by atoms with Crippen LogP contribution in [0.1, 0.15) is 44.6 Å². The lowest BCUT2D eigenvalue weighted by Crippen LogP contribution is -1.98. The number of aliphatic hydroxyl groups excluding tert-OH is 1. The second kappa shape index (κ2) is 9.41. The van der Waals surface area contributed by atoms with Gasteiger partial charge in [0.1, 0.15) is 18.2 Å². The zero-order chi connectivity index (χ0) is 13.9. The summed E-state index contributed by atoms with van der Waals surface area (Å²) in [5.41, 5.74) is 0.523. The average molecular weight is 264 g/mol. The van der Waals surface area contributed by atoms with Crippen LogP contribution in [0.5, 0.6) is 5.75 Å². The molecule has 2 nitrogen and oxygen atoms in total. The van der Waals surface area contributed by atoms with Gasteiger partial charge < -0.3 is 9.84 Å². The smallest absolute Gasteiger partial charge is 0.128 e.